The molecule has 0 bridgehead atoms. The monoisotopic (exact) mass is 374 g/mol. The van der Waals surface area contributed by atoms with E-state index in [1.54, 1.807) is 14.0 Å². The minimum absolute atomic E-state index is 0.203. The number of hydrogen-bond acceptors (Lipinski definition) is 4. The van der Waals surface area contributed by atoms with Crippen LogP contribution in [-0.2, 0) is 11.8 Å². The first-order valence-corrected chi connectivity index (χ1v) is 9.34. The van der Waals surface area contributed by atoms with Crippen LogP contribution in [0, 0.1) is 6.92 Å². The minimum atomic E-state index is -0.632. The lowest BCUT2D eigenvalue weighted by Gasteiger charge is -2.22. The van der Waals surface area contributed by atoms with Crippen LogP contribution in [0.5, 0.6) is 0 Å². The van der Waals surface area contributed by atoms with E-state index in [0.29, 0.717) is 17.2 Å². The molecule has 1 fully saturated rings. The Morgan fingerprint density at radius 1 is 1.19 bits per heavy atom. The van der Waals surface area contributed by atoms with Gasteiger partial charge in [0.25, 0.3) is 0 Å². The van der Waals surface area contributed by atoms with Gasteiger partial charge < -0.3 is 4.74 Å². The molecular weight excluding hydrogens is 352 g/mol. The first-order valence-electron chi connectivity index (χ1n) is 8.96. The van der Waals surface area contributed by atoms with Crippen LogP contribution in [0.25, 0.3) is 0 Å². The Kier molecular flexibility index (Phi) is 5.77. The van der Waals surface area contributed by atoms with Gasteiger partial charge in [-0.15, -0.1) is 0 Å². The molecule has 0 saturated heterocycles. The lowest BCUT2D eigenvalue weighted by atomic mass is 9.84. The van der Waals surface area contributed by atoms with E-state index in [-0.39, 0.29) is 23.1 Å². The zero-order chi connectivity index (χ0) is 18.7. The highest BCUT2D eigenvalue weighted by atomic mass is 35.5. The Balaban J connectivity index is 1.60. The zero-order valence-corrected chi connectivity index (χ0v) is 15.9. The smallest absolute Gasteiger partial charge is 0.343 e. The van der Waals surface area contributed by atoms with E-state index in [9.17, 15) is 9.59 Å². The number of Topliss-reactive ketones (excluding diaryl/α,β-unsaturated/α-hetero) is 1. The average Bonchev–Trinajstić information content (AvgIpc) is 2.92. The van der Waals surface area contributed by atoms with Crippen molar-refractivity contribution in [2.24, 2.45) is 7.05 Å². The second kappa shape index (κ2) is 8.04. The molecule has 0 N–H and O–H groups in total. The number of hydrogen-bond donors (Lipinski definition) is 0. The van der Waals surface area contributed by atoms with Crippen molar-refractivity contribution in [2.75, 3.05) is 6.61 Å². The number of carbonyl (C=O) groups excluding carboxylic acids is 2. The fourth-order valence-corrected chi connectivity index (χ4v) is 3.78. The molecule has 1 aliphatic rings. The molecule has 3 rings (SSSR count). The maximum Gasteiger partial charge on any atom is 0.343 e. The van der Waals surface area contributed by atoms with Crippen molar-refractivity contribution in [2.45, 2.75) is 44.9 Å². The van der Waals surface area contributed by atoms with Crippen molar-refractivity contribution in [3.63, 3.8) is 0 Å². The molecular formula is C20H23ClN2O3. The van der Waals surface area contributed by atoms with E-state index < -0.39 is 5.97 Å². The Labute approximate surface area is 158 Å². The van der Waals surface area contributed by atoms with E-state index in [2.05, 4.69) is 5.10 Å². The molecule has 1 aromatic carbocycles. The molecule has 1 saturated carbocycles. The van der Waals surface area contributed by atoms with E-state index in [1.807, 2.05) is 24.3 Å². The topological polar surface area (TPSA) is 61.2 Å². The molecule has 0 atom stereocenters. The van der Waals surface area contributed by atoms with Gasteiger partial charge in [0.1, 0.15) is 10.7 Å². The number of aryl methyl sites for hydroxylation is 2. The van der Waals surface area contributed by atoms with E-state index in [1.165, 1.54) is 42.3 Å². The average molecular weight is 375 g/mol. The summed E-state index contributed by atoms with van der Waals surface area (Å²) in [6.45, 7) is 1.36. The summed E-state index contributed by atoms with van der Waals surface area (Å²) in [5, 5.41) is 4.28. The number of halogens is 1. The molecule has 138 valence electrons. The summed E-state index contributed by atoms with van der Waals surface area (Å²) in [5.41, 5.74) is 2.52. The summed E-state index contributed by atoms with van der Waals surface area (Å²) < 4.78 is 6.54. The van der Waals surface area contributed by atoms with E-state index >= 15 is 0 Å². The van der Waals surface area contributed by atoms with Gasteiger partial charge in [-0.25, -0.2) is 4.79 Å². The highest BCUT2D eigenvalue weighted by Crippen LogP contribution is 2.32. The van der Waals surface area contributed by atoms with Crippen molar-refractivity contribution in [3.05, 3.63) is 51.8 Å². The predicted octanol–water partition coefficient (Wildman–Crippen LogP) is 4.47. The zero-order valence-electron chi connectivity index (χ0n) is 15.1. The van der Waals surface area contributed by atoms with Gasteiger partial charge in [-0.3, -0.25) is 9.48 Å². The highest BCUT2D eigenvalue weighted by Gasteiger charge is 2.22. The number of rotatable bonds is 5. The van der Waals surface area contributed by atoms with Gasteiger partial charge in [0, 0.05) is 12.6 Å². The maximum absolute atomic E-state index is 12.3. The van der Waals surface area contributed by atoms with Gasteiger partial charge in [-0.2, -0.15) is 5.10 Å². The summed E-state index contributed by atoms with van der Waals surface area (Å²) in [7, 11) is 1.64. The maximum atomic E-state index is 12.3. The van der Waals surface area contributed by atoms with Crippen molar-refractivity contribution in [1.29, 1.82) is 0 Å². The Morgan fingerprint density at radius 3 is 2.42 bits per heavy atom. The van der Waals surface area contributed by atoms with Crippen molar-refractivity contribution in [1.82, 2.24) is 9.78 Å². The van der Waals surface area contributed by atoms with Crippen LogP contribution in [0.1, 0.15) is 70.0 Å². The Bertz CT molecular complexity index is 805. The summed E-state index contributed by atoms with van der Waals surface area (Å²) in [6.07, 6.45) is 6.31. The fourth-order valence-electron chi connectivity index (χ4n) is 3.53. The number of ketones is 1. The molecule has 1 aliphatic carbocycles. The molecule has 5 nitrogen and oxygen atoms in total. The van der Waals surface area contributed by atoms with E-state index in [0.717, 1.165) is 0 Å². The van der Waals surface area contributed by atoms with Crippen LogP contribution in [0.15, 0.2) is 24.3 Å². The molecule has 0 amide bonds. The number of ether oxygens (including phenoxy) is 1. The molecule has 1 heterocycles. The van der Waals surface area contributed by atoms with Crippen molar-refractivity contribution in [3.8, 4) is 0 Å². The number of benzene rings is 1. The SMILES string of the molecule is Cc1nn(C)c(Cl)c1C(=O)OCC(=O)c1ccc(C2CCCCC2)cc1. The van der Waals surface area contributed by atoms with Crippen LogP contribution in [0.2, 0.25) is 5.15 Å². The molecule has 0 aliphatic heterocycles. The third kappa shape index (κ3) is 3.98. The molecule has 6 heteroatoms. The molecule has 0 radical (unpaired) electrons. The predicted molar refractivity (Wildman–Crippen MR) is 99.8 cm³/mol. The quantitative estimate of drug-likeness (QED) is 0.572. The first-order chi connectivity index (χ1) is 12.5. The molecule has 26 heavy (non-hydrogen) atoms. The molecule has 2 aromatic rings. The number of nitrogens with zero attached hydrogens (tertiary/aromatic N) is 2. The fraction of sp³-hybridized carbons (Fsp3) is 0.450. The first kappa shape index (κ1) is 18.6. The van der Waals surface area contributed by atoms with Crippen molar-refractivity contribution >= 4 is 23.4 Å². The number of aromatic nitrogens is 2. The summed E-state index contributed by atoms with van der Waals surface area (Å²) >= 11 is 6.05. The van der Waals surface area contributed by atoms with Gasteiger partial charge in [0.05, 0.1) is 5.69 Å². The number of esters is 1. The normalized spacial score (nSPS) is 15.0. The van der Waals surface area contributed by atoms with Crippen LogP contribution in [-0.4, -0.2) is 28.1 Å². The summed E-state index contributed by atoms with van der Waals surface area (Å²) in [6, 6.07) is 7.69. The minimum Gasteiger partial charge on any atom is -0.454 e. The van der Waals surface area contributed by atoms with Crippen LogP contribution in [0.3, 0.4) is 0 Å². The van der Waals surface area contributed by atoms with Crippen LogP contribution in [0.4, 0.5) is 0 Å². The van der Waals surface area contributed by atoms with Gasteiger partial charge in [0.2, 0.25) is 0 Å². The molecule has 0 spiro atoms. The second-order valence-corrected chi connectivity index (χ2v) is 7.19. The van der Waals surface area contributed by atoms with Gasteiger partial charge in [-0.05, 0) is 31.2 Å². The van der Waals surface area contributed by atoms with Gasteiger partial charge in [0.15, 0.2) is 12.4 Å². The molecule has 0 unspecified atom stereocenters. The lowest BCUT2D eigenvalue weighted by molar-refractivity contribution is 0.0474. The Hall–Kier alpha value is -2.14. The van der Waals surface area contributed by atoms with Crippen molar-refractivity contribution < 1.29 is 14.3 Å². The molecule has 1 aromatic heterocycles. The van der Waals surface area contributed by atoms with Crippen LogP contribution < -0.4 is 0 Å². The summed E-state index contributed by atoms with van der Waals surface area (Å²) in [4.78, 5) is 24.5. The lowest BCUT2D eigenvalue weighted by Crippen LogP contribution is -2.15. The largest absolute Gasteiger partial charge is 0.454 e. The van der Waals surface area contributed by atoms with Gasteiger partial charge in [-0.1, -0.05) is 55.1 Å². The Morgan fingerprint density at radius 2 is 1.85 bits per heavy atom. The number of carbonyl (C=O) groups is 2. The second-order valence-electron chi connectivity index (χ2n) is 6.83. The van der Waals surface area contributed by atoms with E-state index in [4.69, 9.17) is 16.3 Å². The summed E-state index contributed by atoms with van der Waals surface area (Å²) in [5.74, 6) is -0.264. The third-order valence-corrected chi connectivity index (χ3v) is 5.43. The third-order valence-electron chi connectivity index (χ3n) is 5.00. The van der Waals surface area contributed by atoms with Crippen LogP contribution >= 0.6 is 11.6 Å². The highest BCUT2D eigenvalue weighted by molar-refractivity contribution is 6.32. The standard InChI is InChI=1S/C20H23ClN2O3/c1-13-18(19(21)23(2)22-13)20(25)26-12-17(24)16-10-8-15(9-11-16)14-6-4-3-5-7-14/h8-11,14H,3-7,12H2,1-2H3. The van der Waals surface area contributed by atoms with Gasteiger partial charge >= 0.3 is 5.97 Å².